The normalized spacial score (nSPS) is 15.1. The van der Waals surface area contributed by atoms with Crippen molar-refractivity contribution in [1.82, 2.24) is 15.0 Å². The quantitative estimate of drug-likeness (QED) is 0.809. The largest absolute Gasteiger partial charge is 0.358 e. The fourth-order valence-corrected chi connectivity index (χ4v) is 3.67. The van der Waals surface area contributed by atoms with E-state index in [4.69, 9.17) is 16.7 Å². The molecular weight excluding hydrogens is 298 g/mol. The highest BCUT2D eigenvalue weighted by atomic mass is 32.2. The van der Waals surface area contributed by atoms with E-state index >= 15 is 0 Å². The molecule has 1 aliphatic heterocycles. The highest BCUT2D eigenvalue weighted by Crippen LogP contribution is 2.24. The monoisotopic (exact) mass is 311 g/mol. The van der Waals surface area contributed by atoms with Gasteiger partial charge in [0.25, 0.3) is 5.89 Å². The number of thiophene rings is 1. The van der Waals surface area contributed by atoms with Crippen molar-refractivity contribution < 1.29 is 4.52 Å². The zero-order valence-corrected chi connectivity index (χ0v) is 12.7. The lowest BCUT2D eigenvalue weighted by atomic mass is 10.4. The molecule has 0 amide bonds. The summed E-state index contributed by atoms with van der Waals surface area (Å²) in [7, 11) is 0. The first-order chi connectivity index (χ1) is 9.33. The van der Waals surface area contributed by atoms with E-state index in [9.17, 15) is 0 Å². The second-order valence-electron chi connectivity index (χ2n) is 4.24. The maximum Gasteiger partial charge on any atom is 0.268 e. The van der Waals surface area contributed by atoms with Crippen LogP contribution in [0, 0.1) is 0 Å². The molecule has 3 heterocycles. The molecule has 1 aliphatic rings. The lowest BCUT2D eigenvalue weighted by Gasteiger charge is -2.16. The van der Waals surface area contributed by atoms with Gasteiger partial charge in [-0.15, -0.1) is 11.3 Å². The Balaban J connectivity index is 1.57. The molecule has 0 N–H and O–H groups in total. The predicted molar refractivity (Wildman–Crippen MR) is 82.3 cm³/mol. The van der Waals surface area contributed by atoms with Gasteiger partial charge in [-0.2, -0.15) is 4.98 Å². The first-order valence-corrected chi connectivity index (χ1v) is 8.38. The van der Waals surface area contributed by atoms with Crippen molar-refractivity contribution in [2.75, 3.05) is 13.1 Å². The van der Waals surface area contributed by atoms with Crippen molar-refractivity contribution in [3.05, 3.63) is 23.3 Å². The molecule has 0 aliphatic carbocycles. The summed E-state index contributed by atoms with van der Waals surface area (Å²) in [5, 5.41) is 5.99. The minimum Gasteiger partial charge on any atom is -0.358 e. The average molecular weight is 311 g/mol. The van der Waals surface area contributed by atoms with Gasteiger partial charge in [0.05, 0.1) is 10.6 Å². The Hall–Kier alpha value is -0.920. The summed E-state index contributed by atoms with van der Waals surface area (Å²) in [4.78, 5) is 7.64. The Bertz CT molecular complexity index is 546. The van der Waals surface area contributed by atoms with Gasteiger partial charge in [0.1, 0.15) is 4.32 Å². The molecule has 0 radical (unpaired) electrons. The topological polar surface area (TPSA) is 42.2 Å². The van der Waals surface area contributed by atoms with E-state index in [0.29, 0.717) is 17.5 Å². The second-order valence-corrected chi connectivity index (χ2v) is 6.80. The van der Waals surface area contributed by atoms with Gasteiger partial charge in [0.2, 0.25) is 0 Å². The van der Waals surface area contributed by atoms with Gasteiger partial charge < -0.3 is 9.42 Å². The van der Waals surface area contributed by atoms with Crippen molar-refractivity contribution in [2.24, 2.45) is 0 Å². The zero-order chi connectivity index (χ0) is 13.1. The van der Waals surface area contributed by atoms with Crippen molar-refractivity contribution >= 4 is 39.6 Å². The summed E-state index contributed by atoms with van der Waals surface area (Å²) >= 11 is 8.61. The fraction of sp³-hybridized carbons (Fsp3) is 0.417. The zero-order valence-electron chi connectivity index (χ0n) is 10.2. The molecule has 1 saturated heterocycles. The molecule has 0 spiro atoms. The van der Waals surface area contributed by atoms with E-state index in [2.05, 4.69) is 15.0 Å². The van der Waals surface area contributed by atoms with Crippen molar-refractivity contribution in [3.63, 3.8) is 0 Å². The minimum atomic E-state index is 0.595. The van der Waals surface area contributed by atoms with Crippen LogP contribution in [0.15, 0.2) is 22.0 Å². The molecule has 2 aromatic rings. The molecule has 0 aromatic carbocycles. The van der Waals surface area contributed by atoms with Crippen LogP contribution in [0.5, 0.6) is 0 Å². The van der Waals surface area contributed by atoms with Gasteiger partial charge in [0, 0.05) is 13.1 Å². The number of hydrogen-bond donors (Lipinski definition) is 0. The van der Waals surface area contributed by atoms with E-state index in [-0.39, 0.29) is 0 Å². The fourth-order valence-electron chi connectivity index (χ4n) is 1.93. The second kappa shape index (κ2) is 6.02. The molecule has 0 bridgehead atoms. The van der Waals surface area contributed by atoms with Gasteiger partial charge in [-0.05, 0) is 24.3 Å². The maximum atomic E-state index is 5.40. The van der Waals surface area contributed by atoms with E-state index < -0.39 is 0 Å². The van der Waals surface area contributed by atoms with Crippen molar-refractivity contribution in [3.8, 4) is 10.8 Å². The summed E-state index contributed by atoms with van der Waals surface area (Å²) in [5.41, 5.74) is 0. The van der Waals surface area contributed by atoms with E-state index in [1.165, 1.54) is 12.8 Å². The Morgan fingerprint density at radius 3 is 3.05 bits per heavy atom. The van der Waals surface area contributed by atoms with Crippen LogP contribution in [0.2, 0.25) is 0 Å². The van der Waals surface area contributed by atoms with Crippen LogP contribution < -0.4 is 0 Å². The number of thioether (sulfide) groups is 1. The number of aromatic nitrogens is 2. The van der Waals surface area contributed by atoms with E-state index in [0.717, 1.165) is 22.3 Å². The van der Waals surface area contributed by atoms with Crippen LogP contribution in [0.3, 0.4) is 0 Å². The van der Waals surface area contributed by atoms with Gasteiger partial charge in [-0.1, -0.05) is 35.2 Å². The molecule has 0 atom stereocenters. The number of nitrogens with zero attached hydrogens (tertiary/aromatic N) is 3. The summed E-state index contributed by atoms with van der Waals surface area (Å²) in [5.74, 6) is 1.97. The molecular formula is C12H13N3OS3. The van der Waals surface area contributed by atoms with Crippen molar-refractivity contribution in [2.45, 2.75) is 18.6 Å². The van der Waals surface area contributed by atoms with Gasteiger partial charge in [-0.25, -0.2) is 0 Å². The standard InChI is InChI=1S/C12H13N3OS3/c17-12(15-5-1-2-6-15)19-8-10-13-11(16-14-10)9-4-3-7-18-9/h3-4,7H,1-2,5-6,8H2. The molecule has 0 saturated carbocycles. The van der Waals surface area contributed by atoms with Crippen molar-refractivity contribution in [1.29, 1.82) is 0 Å². The van der Waals surface area contributed by atoms with Crippen LogP contribution in [-0.2, 0) is 5.75 Å². The Labute approximate surface area is 125 Å². The van der Waals surface area contributed by atoms with Crippen LogP contribution in [-0.4, -0.2) is 32.5 Å². The van der Waals surface area contributed by atoms with E-state index in [1.54, 1.807) is 23.1 Å². The van der Waals surface area contributed by atoms with Crippen LogP contribution in [0.25, 0.3) is 10.8 Å². The molecule has 2 aromatic heterocycles. The summed E-state index contributed by atoms with van der Waals surface area (Å²) in [6.45, 7) is 2.16. The average Bonchev–Trinajstić information content (AvgIpc) is 3.14. The highest BCUT2D eigenvalue weighted by molar-refractivity contribution is 8.22. The smallest absolute Gasteiger partial charge is 0.268 e. The summed E-state index contributed by atoms with van der Waals surface area (Å²) in [6, 6.07) is 3.95. The molecule has 100 valence electrons. The molecule has 3 rings (SSSR count). The lowest BCUT2D eigenvalue weighted by Crippen LogP contribution is -2.23. The molecule has 0 unspecified atom stereocenters. The molecule has 7 heteroatoms. The molecule has 19 heavy (non-hydrogen) atoms. The van der Waals surface area contributed by atoms with Crippen LogP contribution >= 0.6 is 35.3 Å². The molecule has 1 fully saturated rings. The van der Waals surface area contributed by atoms with Crippen LogP contribution in [0.4, 0.5) is 0 Å². The van der Waals surface area contributed by atoms with Gasteiger partial charge in [0.15, 0.2) is 5.82 Å². The third kappa shape index (κ3) is 3.16. The molecule has 4 nitrogen and oxygen atoms in total. The third-order valence-electron chi connectivity index (χ3n) is 2.89. The van der Waals surface area contributed by atoms with Gasteiger partial charge in [-0.3, -0.25) is 0 Å². The van der Waals surface area contributed by atoms with Crippen LogP contribution in [0.1, 0.15) is 18.7 Å². The Morgan fingerprint density at radius 1 is 1.47 bits per heavy atom. The maximum absolute atomic E-state index is 5.40. The number of hydrogen-bond acceptors (Lipinski definition) is 6. The third-order valence-corrected chi connectivity index (χ3v) is 5.27. The minimum absolute atomic E-state index is 0.595. The Morgan fingerprint density at radius 2 is 2.32 bits per heavy atom. The summed E-state index contributed by atoms with van der Waals surface area (Å²) < 4.78 is 6.19. The number of likely N-dealkylation sites (tertiary alicyclic amines) is 1. The predicted octanol–water partition coefficient (Wildman–Crippen LogP) is 3.41. The Kier molecular flexibility index (Phi) is 4.15. The number of rotatable bonds is 3. The first-order valence-electron chi connectivity index (χ1n) is 6.11. The summed E-state index contributed by atoms with van der Waals surface area (Å²) in [6.07, 6.45) is 2.48. The first kappa shape index (κ1) is 13.1. The van der Waals surface area contributed by atoms with E-state index in [1.807, 2.05) is 17.5 Å². The van der Waals surface area contributed by atoms with Gasteiger partial charge >= 0.3 is 0 Å². The number of thiocarbonyl (C=S) groups is 1. The lowest BCUT2D eigenvalue weighted by molar-refractivity contribution is 0.426. The SMILES string of the molecule is S=C(SCc1noc(-c2cccs2)n1)N1CCCC1. The highest BCUT2D eigenvalue weighted by Gasteiger charge is 2.16.